The summed E-state index contributed by atoms with van der Waals surface area (Å²) in [5, 5.41) is 43.5. The molecule has 0 aliphatic heterocycles. The van der Waals surface area contributed by atoms with Gasteiger partial charge in [0.2, 0.25) is 5.91 Å². The van der Waals surface area contributed by atoms with Crippen LogP contribution in [0, 0.1) is 27.9 Å². The number of nitrogens with one attached hydrogen (secondary N) is 1. The number of amides is 1. The summed E-state index contributed by atoms with van der Waals surface area (Å²) < 4.78 is 6.02. The van der Waals surface area contributed by atoms with Gasteiger partial charge < -0.3 is 30.3 Å². The van der Waals surface area contributed by atoms with Crippen LogP contribution < -0.4 is 10.2 Å². The molecule has 0 heterocycles. The van der Waals surface area contributed by atoms with E-state index >= 15 is 0 Å². The number of nitro benzene ring substituents is 1. The number of ether oxygens (including phenoxy) is 1. The molecule has 1 aliphatic carbocycles. The molecule has 0 bridgehead atoms. The Balaban J connectivity index is 1.63. The maximum Gasteiger partial charge on any atom is 0.323 e. The van der Waals surface area contributed by atoms with Gasteiger partial charge in [0, 0.05) is 42.0 Å². The molecule has 0 radical (unpaired) electrons. The molecule has 1 saturated carbocycles. The summed E-state index contributed by atoms with van der Waals surface area (Å²) in [4.78, 5) is 36.1. The van der Waals surface area contributed by atoms with Gasteiger partial charge in [-0.05, 0) is 48.3 Å². The summed E-state index contributed by atoms with van der Waals surface area (Å²) in [7, 11) is 0. The zero-order valence-electron chi connectivity index (χ0n) is 23.2. The number of aliphatic hydroxyl groups is 1. The third-order valence-corrected chi connectivity index (χ3v) is 7.50. The van der Waals surface area contributed by atoms with Crippen molar-refractivity contribution in [3.63, 3.8) is 0 Å². The summed E-state index contributed by atoms with van der Waals surface area (Å²) in [5.74, 6) is -0.136. The van der Waals surface area contributed by atoms with Crippen molar-refractivity contribution in [2.75, 3.05) is 18.1 Å². The number of aliphatic hydroxyl groups excluding tert-OH is 1. The van der Waals surface area contributed by atoms with Gasteiger partial charge in [-0.15, -0.1) is 0 Å². The molecule has 3 rings (SSSR count). The second-order valence-electron chi connectivity index (χ2n) is 10.9. The summed E-state index contributed by atoms with van der Waals surface area (Å²) in [6.45, 7) is 5.68. The zero-order chi connectivity index (χ0) is 29.4. The molecular formula is C29H39N3O8. The van der Waals surface area contributed by atoms with Gasteiger partial charge in [0.1, 0.15) is 18.9 Å². The monoisotopic (exact) mass is 557 g/mol. The van der Waals surface area contributed by atoms with Crippen LogP contribution in [0.3, 0.4) is 0 Å². The fourth-order valence-corrected chi connectivity index (χ4v) is 5.26. The largest absolute Gasteiger partial charge is 0.507 e. The SMILES string of the molecule is CC1CCC(C(C)C)C(OCC(=O)NCc2ccc(N(CC(=O)O)Cc3cc([N+](=O)[O-])cc(CO)c3O)cc2)C1. The van der Waals surface area contributed by atoms with E-state index in [1.54, 1.807) is 24.3 Å². The van der Waals surface area contributed by atoms with Crippen molar-refractivity contribution in [1.29, 1.82) is 0 Å². The Hall–Kier alpha value is -3.70. The second-order valence-corrected chi connectivity index (χ2v) is 10.9. The minimum atomic E-state index is -1.13. The predicted molar refractivity (Wildman–Crippen MR) is 149 cm³/mol. The number of carbonyl (C=O) groups excluding carboxylic acids is 1. The molecule has 4 N–H and O–H groups in total. The minimum absolute atomic E-state index is 0.00634. The first-order valence-corrected chi connectivity index (χ1v) is 13.5. The first kappa shape index (κ1) is 30.8. The maximum absolute atomic E-state index is 12.5. The van der Waals surface area contributed by atoms with Crippen LogP contribution in [0.15, 0.2) is 36.4 Å². The van der Waals surface area contributed by atoms with Crippen molar-refractivity contribution in [1.82, 2.24) is 5.32 Å². The van der Waals surface area contributed by atoms with Crippen LogP contribution in [0.2, 0.25) is 0 Å². The highest BCUT2D eigenvalue weighted by Crippen LogP contribution is 2.35. The number of carboxylic acid groups (broad SMARTS) is 1. The molecule has 3 atom stereocenters. The molecule has 1 aliphatic rings. The van der Waals surface area contributed by atoms with Gasteiger partial charge >= 0.3 is 5.97 Å². The molecule has 1 fully saturated rings. The van der Waals surface area contributed by atoms with E-state index < -0.39 is 24.0 Å². The molecule has 40 heavy (non-hydrogen) atoms. The molecule has 218 valence electrons. The topological polar surface area (TPSA) is 162 Å². The number of benzene rings is 2. The highest BCUT2D eigenvalue weighted by molar-refractivity contribution is 5.77. The molecule has 2 aromatic rings. The number of non-ortho nitro benzene ring substituents is 1. The summed E-state index contributed by atoms with van der Waals surface area (Å²) in [6.07, 6.45) is 3.33. The average molecular weight is 558 g/mol. The van der Waals surface area contributed by atoms with Gasteiger partial charge in [0.05, 0.1) is 17.6 Å². The fourth-order valence-electron chi connectivity index (χ4n) is 5.26. The lowest BCUT2D eigenvalue weighted by Crippen LogP contribution is -2.37. The highest BCUT2D eigenvalue weighted by atomic mass is 16.6. The van der Waals surface area contributed by atoms with E-state index in [-0.39, 0.29) is 54.3 Å². The van der Waals surface area contributed by atoms with Gasteiger partial charge in [-0.3, -0.25) is 19.7 Å². The van der Waals surface area contributed by atoms with Gasteiger partial charge in [0.25, 0.3) is 5.69 Å². The van der Waals surface area contributed by atoms with Crippen molar-refractivity contribution in [2.45, 2.75) is 65.8 Å². The van der Waals surface area contributed by atoms with Crippen LogP contribution in [0.1, 0.15) is 56.7 Å². The predicted octanol–water partition coefficient (Wildman–Crippen LogP) is 3.98. The van der Waals surface area contributed by atoms with Gasteiger partial charge in [-0.25, -0.2) is 0 Å². The lowest BCUT2D eigenvalue weighted by molar-refractivity contribution is -0.385. The molecule has 0 saturated heterocycles. The zero-order valence-corrected chi connectivity index (χ0v) is 23.2. The molecule has 3 unspecified atom stereocenters. The number of hydrogen-bond acceptors (Lipinski definition) is 8. The molecular weight excluding hydrogens is 518 g/mol. The van der Waals surface area contributed by atoms with Crippen LogP contribution >= 0.6 is 0 Å². The summed E-state index contributed by atoms with van der Waals surface area (Å²) in [6, 6.07) is 9.09. The number of nitrogens with zero attached hydrogens (tertiary/aromatic N) is 2. The number of nitro groups is 1. The number of hydrogen-bond donors (Lipinski definition) is 4. The normalized spacial score (nSPS) is 18.9. The Morgan fingerprint density at radius 1 is 1.18 bits per heavy atom. The lowest BCUT2D eigenvalue weighted by Gasteiger charge is -2.37. The molecule has 1 amide bonds. The van der Waals surface area contributed by atoms with Crippen molar-refractivity contribution in [2.24, 2.45) is 17.8 Å². The third kappa shape index (κ3) is 8.40. The lowest BCUT2D eigenvalue weighted by atomic mass is 9.75. The Kier molecular flexibility index (Phi) is 10.9. The number of phenols is 1. The van der Waals surface area contributed by atoms with Crippen LogP contribution in [-0.4, -0.2) is 51.4 Å². The number of anilines is 1. The van der Waals surface area contributed by atoms with E-state index in [2.05, 4.69) is 26.1 Å². The third-order valence-electron chi connectivity index (χ3n) is 7.50. The van der Waals surface area contributed by atoms with Crippen molar-refractivity contribution >= 4 is 23.3 Å². The van der Waals surface area contributed by atoms with Crippen LogP contribution in [0.5, 0.6) is 5.75 Å². The average Bonchev–Trinajstić information content (AvgIpc) is 2.91. The van der Waals surface area contributed by atoms with Crippen molar-refractivity contribution in [3.05, 3.63) is 63.2 Å². The van der Waals surface area contributed by atoms with E-state index in [1.165, 1.54) is 11.3 Å². The minimum Gasteiger partial charge on any atom is -0.507 e. The number of aliphatic carboxylic acids is 1. The Labute approximate surface area is 233 Å². The number of aromatic hydroxyl groups is 1. The molecule has 11 nitrogen and oxygen atoms in total. The first-order valence-electron chi connectivity index (χ1n) is 13.5. The van der Waals surface area contributed by atoms with Crippen LogP contribution in [0.25, 0.3) is 0 Å². The second kappa shape index (κ2) is 14.1. The Bertz CT molecular complexity index is 1180. The quantitative estimate of drug-likeness (QED) is 0.211. The fraction of sp³-hybridized carbons (Fsp3) is 0.517. The summed E-state index contributed by atoms with van der Waals surface area (Å²) in [5.41, 5.74) is 1.07. The van der Waals surface area contributed by atoms with Crippen LogP contribution in [-0.2, 0) is 34.0 Å². The van der Waals surface area contributed by atoms with E-state index in [0.717, 1.165) is 30.5 Å². The number of rotatable bonds is 13. The van der Waals surface area contributed by atoms with E-state index in [9.17, 15) is 35.0 Å². The van der Waals surface area contributed by atoms with Crippen molar-refractivity contribution < 1.29 is 34.6 Å². The highest BCUT2D eigenvalue weighted by Gasteiger charge is 2.31. The Morgan fingerprint density at radius 2 is 1.85 bits per heavy atom. The van der Waals surface area contributed by atoms with Gasteiger partial charge in [-0.2, -0.15) is 0 Å². The standard InChI is InChI=1S/C29H39N3O8/c1-18(2)25-9-4-19(3)10-26(25)40-17-27(34)30-13-20-5-7-23(8-6-20)31(15-28(35)36)14-21-11-24(32(38)39)12-22(16-33)29(21)37/h5-8,11-12,18-19,25-26,33,37H,4,9-10,13-17H2,1-3H3,(H,30,34)(H,35,36). The van der Waals surface area contributed by atoms with E-state index in [1.807, 2.05) is 0 Å². The molecule has 11 heteroatoms. The number of carbonyl (C=O) groups is 2. The molecule has 0 aromatic heterocycles. The number of carboxylic acids is 1. The van der Waals surface area contributed by atoms with E-state index in [0.29, 0.717) is 23.4 Å². The van der Waals surface area contributed by atoms with Gasteiger partial charge in [-0.1, -0.05) is 39.3 Å². The molecule has 2 aromatic carbocycles. The maximum atomic E-state index is 12.5. The smallest absolute Gasteiger partial charge is 0.323 e. The van der Waals surface area contributed by atoms with E-state index in [4.69, 9.17) is 4.74 Å². The van der Waals surface area contributed by atoms with Crippen LogP contribution in [0.4, 0.5) is 11.4 Å². The molecule has 0 spiro atoms. The van der Waals surface area contributed by atoms with Crippen molar-refractivity contribution in [3.8, 4) is 5.75 Å². The summed E-state index contributed by atoms with van der Waals surface area (Å²) >= 11 is 0. The first-order chi connectivity index (χ1) is 19.0. The Morgan fingerprint density at radius 3 is 2.45 bits per heavy atom. The van der Waals surface area contributed by atoms with Gasteiger partial charge in [0.15, 0.2) is 0 Å².